The monoisotopic (exact) mass is 220 g/mol. The van der Waals surface area contributed by atoms with Crippen molar-refractivity contribution in [2.24, 2.45) is 0 Å². The normalized spacial score (nSPS) is 9.44. The fraction of sp³-hybridized carbons (Fsp3) is 0.273. The quantitative estimate of drug-likeness (QED) is 0.663. The average Bonchev–Trinajstić information content (AvgIpc) is 2.24. The zero-order valence-corrected chi connectivity index (χ0v) is 8.60. The highest BCUT2D eigenvalue weighted by molar-refractivity contribution is 5.99. The lowest BCUT2D eigenvalue weighted by molar-refractivity contribution is 0.0948. The molecule has 0 heterocycles. The second kappa shape index (κ2) is 5.61. The van der Waals surface area contributed by atoms with E-state index in [1.165, 1.54) is 18.2 Å². The molecule has 0 saturated carbocycles. The van der Waals surface area contributed by atoms with E-state index >= 15 is 0 Å². The Labute approximate surface area is 92.9 Å². The Morgan fingerprint density at radius 3 is 2.56 bits per heavy atom. The van der Waals surface area contributed by atoms with Crippen LogP contribution in [-0.4, -0.2) is 22.7 Å². The van der Waals surface area contributed by atoms with Gasteiger partial charge in [-0.1, -0.05) is 6.07 Å². The van der Waals surface area contributed by atoms with Gasteiger partial charge in [-0.2, -0.15) is 5.26 Å². The average molecular weight is 220 g/mol. The molecule has 3 N–H and O–H groups in total. The van der Waals surface area contributed by atoms with E-state index in [9.17, 15) is 15.0 Å². The van der Waals surface area contributed by atoms with Crippen LogP contribution in [-0.2, 0) is 0 Å². The summed E-state index contributed by atoms with van der Waals surface area (Å²) in [4.78, 5) is 11.5. The lowest BCUT2D eigenvalue weighted by Crippen LogP contribution is -2.24. The van der Waals surface area contributed by atoms with Crippen LogP contribution in [0.4, 0.5) is 0 Å². The summed E-state index contributed by atoms with van der Waals surface area (Å²) in [5.41, 5.74) is -0.139. The van der Waals surface area contributed by atoms with Gasteiger partial charge in [0.25, 0.3) is 5.91 Å². The van der Waals surface area contributed by atoms with E-state index < -0.39 is 5.91 Å². The van der Waals surface area contributed by atoms with Crippen molar-refractivity contribution in [3.8, 4) is 17.6 Å². The predicted octanol–water partition coefficient (Wildman–Crippen LogP) is 1.13. The third-order valence-electron chi connectivity index (χ3n) is 2.00. The molecular formula is C11H12N2O3. The summed E-state index contributed by atoms with van der Waals surface area (Å²) in [7, 11) is 0. The molecule has 0 aliphatic carbocycles. The SMILES string of the molecule is N#CCCCNC(=O)c1c(O)cccc1O. The molecule has 0 aliphatic heterocycles. The summed E-state index contributed by atoms with van der Waals surface area (Å²) < 4.78 is 0. The largest absolute Gasteiger partial charge is 0.507 e. The molecule has 5 nitrogen and oxygen atoms in total. The van der Waals surface area contributed by atoms with Crippen LogP contribution in [0.25, 0.3) is 0 Å². The molecule has 1 amide bonds. The van der Waals surface area contributed by atoms with Crippen LogP contribution >= 0.6 is 0 Å². The van der Waals surface area contributed by atoms with Crippen LogP contribution in [0.2, 0.25) is 0 Å². The third-order valence-corrected chi connectivity index (χ3v) is 2.00. The Bertz CT molecular complexity index is 403. The molecule has 0 atom stereocenters. The fourth-order valence-electron chi connectivity index (χ4n) is 1.22. The summed E-state index contributed by atoms with van der Waals surface area (Å²) in [6.07, 6.45) is 0.892. The highest BCUT2D eigenvalue weighted by Crippen LogP contribution is 2.25. The minimum Gasteiger partial charge on any atom is -0.507 e. The first kappa shape index (κ1) is 11.9. The summed E-state index contributed by atoms with van der Waals surface area (Å²) >= 11 is 0. The smallest absolute Gasteiger partial charge is 0.258 e. The van der Waals surface area contributed by atoms with Gasteiger partial charge in [0.1, 0.15) is 17.1 Å². The Morgan fingerprint density at radius 2 is 2.00 bits per heavy atom. The molecule has 0 radical (unpaired) electrons. The molecule has 0 saturated heterocycles. The number of hydrogen-bond acceptors (Lipinski definition) is 4. The lowest BCUT2D eigenvalue weighted by Gasteiger charge is -2.07. The first-order valence-corrected chi connectivity index (χ1v) is 4.83. The summed E-state index contributed by atoms with van der Waals surface area (Å²) in [6.45, 7) is 0.333. The van der Waals surface area contributed by atoms with Crippen LogP contribution in [0.3, 0.4) is 0 Å². The van der Waals surface area contributed by atoms with Crippen molar-refractivity contribution in [3.63, 3.8) is 0 Å². The predicted molar refractivity (Wildman–Crippen MR) is 57.0 cm³/mol. The van der Waals surface area contributed by atoms with Crippen LogP contribution in [0, 0.1) is 11.3 Å². The highest BCUT2D eigenvalue weighted by Gasteiger charge is 2.14. The van der Waals surface area contributed by atoms with Gasteiger partial charge in [-0.3, -0.25) is 4.79 Å². The molecule has 0 fully saturated rings. The Kier molecular flexibility index (Phi) is 4.16. The highest BCUT2D eigenvalue weighted by atomic mass is 16.3. The fourth-order valence-corrected chi connectivity index (χ4v) is 1.22. The number of amides is 1. The Balaban J connectivity index is 2.63. The van der Waals surface area contributed by atoms with Gasteiger partial charge in [0.05, 0.1) is 6.07 Å². The Hall–Kier alpha value is -2.22. The topological polar surface area (TPSA) is 93.4 Å². The van der Waals surface area contributed by atoms with Gasteiger partial charge in [-0.05, 0) is 18.6 Å². The van der Waals surface area contributed by atoms with Gasteiger partial charge >= 0.3 is 0 Å². The number of phenols is 2. The number of aromatic hydroxyl groups is 2. The van der Waals surface area contributed by atoms with Crippen LogP contribution in [0.5, 0.6) is 11.5 Å². The molecule has 0 unspecified atom stereocenters. The van der Waals surface area contributed by atoms with Crippen molar-refractivity contribution in [2.45, 2.75) is 12.8 Å². The van der Waals surface area contributed by atoms with Gasteiger partial charge in [0.2, 0.25) is 0 Å². The second-order valence-corrected chi connectivity index (χ2v) is 3.19. The molecule has 1 aromatic carbocycles. The number of rotatable bonds is 4. The number of phenolic OH excluding ortho intramolecular Hbond substituents is 2. The minimum atomic E-state index is -0.548. The molecule has 16 heavy (non-hydrogen) atoms. The second-order valence-electron chi connectivity index (χ2n) is 3.19. The van der Waals surface area contributed by atoms with Gasteiger partial charge in [0, 0.05) is 13.0 Å². The molecule has 5 heteroatoms. The van der Waals surface area contributed by atoms with Gasteiger partial charge in [-0.25, -0.2) is 0 Å². The molecular weight excluding hydrogens is 208 g/mol. The van der Waals surface area contributed by atoms with E-state index in [-0.39, 0.29) is 17.1 Å². The molecule has 1 aromatic rings. The van der Waals surface area contributed by atoms with Crippen molar-refractivity contribution < 1.29 is 15.0 Å². The molecule has 84 valence electrons. The van der Waals surface area contributed by atoms with Gasteiger partial charge < -0.3 is 15.5 Å². The van der Waals surface area contributed by atoms with Crippen molar-refractivity contribution in [1.82, 2.24) is 5.32 Å². The maximum atomic E-state index is 11.5. The summed E-state index contributed by atoms with van der Waals surface area (Å²) in [5, 5.41) is 29.6. The number of nitrogens with one attached hydrogen (secondary N) is 1. The zero-order chi connectivity index (χ0) is 12.0. The van der Waals surface area contributed by atoms with Crippen molar-refractivity contribution >= 4 is 5.91 Å². The molecule has 0 bridgehead atoms. The number of benzene rings is 1. The van der Waals surface area contributed by atoms with Crippen molar-refractivity contribution in [2.75, 3.05) is 6.54 Å². The van der Waals surface area contributed by atoms with E-state index in [4.69, 9.17) is 5.26 Å². The Morgan fingerprint density at radius 1 is 1.38 bits per heavy atom. The van der Waals surface area contributed by atoms with Crippen molar-refractivity contribution in [3.05, 3.63) is 23.8 Å². The lowest BCUT2D eigenvalue weighted by atomic mass is 10.1. The summed E-state index contributed by atoms with van der Waals surface area (Å²) in [6, 6.07) is 6.04. The first-order chi connectivity index (χ1) is 7.66. The maximum Gasteiger partial charge on any atom is 0.258 e. The minimum absolute atomic E-state index is 0.139. The molecule has 0 aromatic heterocycles. The number of hydrogen-bond donors (Lipinski definition) is 3. The van der Waals surface area contributed by atoms with Crippen LogP contribution in [0.1, 0.15) is 23.2 Å². The zero-order valence-electron chi connectivity index (χ0n) is 8.60. The van der Waals surface area contributed by atoms with Crippen LogP contribution in [0.15, 0.2) is 18.2 Å². The first-order valence-electron chi connectivity index (χ1n) is 4.83. The van der Waals surface area contributed by atoms with E-state index in [0.717, 1.165) is 0 Å². The number of unbranched alkanes of at least 4 members (excludes halogenated alkanes) is 1. The van der Waals surface area contributed by atoms with E-state index in [1.807, 2.05) is 6.07 Å². The molecule has 0 spiro atoms. The number of nitriles is 1. The molecule has 0 aliphatic rings. The van der Waals surface area contributed by atoms with Crippen molar-refractivity contribution in [1.29, 1.82) is 5.26 Å². The number of carbonyl (C=O) groups excluding carboxylic acids is 1. The van der Waals surface area contributed by atoms with Gasteiger partial charge in [0.15, 0.2) is 0 Å². The van der Waals surface area contributed by atoms with E-state index in [0.29, 0.717) is 19.4 Å². The standard InChI is InChI=1S/C11H12N2O3/c12-6-1-2-7-13-11(16)10-8(14)4-3-5-9(10)15/h3-5,14-15H,1-2,7H2,(H,13,16). The van der Waals surface area contributed by atoms with E-state index in [1.54, 1.807) is 0 Å². The number of carbonyl (C=O) groups is 1. The summed E-state index contributed by atoms with van der Waals surface area (Å²) in [5.74, 6) is -1.08. The maximum absolute atomic E-state index is 11.5. The van der Waals surface area contributed by atoms with Crippen LogP contribution < -0.4 is 5.32 Å². The molecule has 1 rings (SSSR count). The number of nitrogens with zero attached hydrogens (tertiary/aromatic N) is 1. The third kappa shape index (κ3) is 2.89. The van der Waals surface area contributed by atoms with E-state index in [2.05, 4.69) is 5.32 Å². The van der Waals surface area contributed by atoms with Gasteiger partial charge in [-0.15, -0.1) is 0 Å².